The van der Waals surface area contributed by atoms with Gasteiger partial charge >= 0.3 is 12.1 Å². The van der Waals surface area contributed by atoms with Crippen molar-refractivity contribution in [1.29, 1.82) is 0 Å². The van der Waals surface area contributed by atoms with Gasteiger partial charge in [0.25, 0.3) is 11.5 Å². The lowest BCUT2D eigenvalue weighted by atomic mass is 9.82. The van der Waals surface area contributed by atoms with E-state index in [-0.39, 0.29) is 50.7 Å². The van der Waals surface area contributed by atoms with Gasteiger partial charge in [0.15, 0.2) is 0 Å². The van der Waals surface area contributed by atoms with Crippen molar-refractivity contribution in [3.63, 3.8) is 0 Å². The summed E-state index contributed by atoms with van der Waals surface area (Å²) in [5.74, 6) is -7.59. The molecule has 0 radical (unpaired) electrons. The zero-order valence-corrected chi connectivity index (χ0v) is 29.4. The summed E-state index contributed by atoms with van der Waals surface area (Å²) < 4.78 is 109. The van der Waals surface area contributed by atoms with Gasteiger partial charge in [-0.15, -0.1) is 0 Å². The minimum Gasteiger partial charge on any atom is -0.488 e. The fourth-order valence-corrected chi connectivity index (χ4v) is 7.41. The first-order chi connectivity index (χ1) is 25.4. The Bertz CT molecular complexity index is 2080. The number of benzene rings is 2. The number of aromatic nitrogens is 1. The average molecular weight is 762 g/mol. The highest BCUT2D eigenvalue weighted by molar-refractivity contribution is 5.86. The molecule has 0 spiro atoms. The zero-order chi connectivity index (χ0) is 39.1. The van der Waals surface area contributed by atoms with Crippen molar-refractivity contribution in [3.05, 3.63) is 116 Å². The van der Waals surface area contributed by atoms with Gasteiger partial charge in [0.1, 0.15) is 30.0 Å². The Labute approximate surface area is 305 Å². The van der Waals surface area contributed by atoms with E-state index in [0.29, 0.717) is 27.0 Å². The number of ether oxygens (including phenoxy) is 1. The number of rotatable bonds is 6. The Kier molecular flexibility index (Phi) is 10.8. The summed E-state index contributed by atoms with van der Waals surface area (Å²) in [5.41, 5.74) is -1.38. The molecule has 1 fully saturated rings. The number of nitrogens with one attached hydrogen (secondary N) is 1. The van der Waals surface area contributed by atoms with Crippen LogP contribution in [0.3, 0.4) is 0 Å². The number of nitrogens with zero attached hydrogens (tertiary/aromatic N) is 2. The average Bonchev–Trinajstić information content (AvgIpc) is 3.09. The maximum atomic E-state index is 16.0. The molecular formula is C39H38F7N3O5. The molecule has 3 aliphatic rings. The van der Waals surface area contributed by atoms with Gasteiger partial charge in [-0.2, -0.15) is 13.2 Å². The number of fused-ring (bicyclic) bond motifs is 5. The van der Waals surface area contributed by atoms with Crippen LogP contribution >= 0.6 is 0 Å². The van der Waals surface area contributed by atoms with E-state index in [9.17, 15) is 41.4 Å². The Balaban J connectivity index is 1.51. The van der Waals surface area contributed by atoms with Crippen molar-refractivity contribution in [2.75, 3.05) is 19.6 Å². The molecule has 4 bridgehead atoms. The lowest BCUT2D eigenvalue weighted by molar-refractivity contribution is -0.139. The number of halogens is 7. The molecule has 1 aliphatic carbocycles. The second kappa shape index (κ2) is 15.1. The number of hydrogen-bond acceptors (Lipinski definition) is 5. The molecule has 1 unspecified atom stereocenters. The summed E-state index contributed by atoms with van der Waals surface area (Å²) in [6, 6.07) is 5.60. The van der Waals surface area contributed by atoms with Gasteiger partial charge in [0, 0.05) is 67.4 Å². The van der Waals surface area contributed by atoms with E-state index in [0.717, 1.165) is 17.8 Å². The van der Waals surface area contributed by atoms with Gasteiger partial charge in [-0.3, -0.25) is 19.0 Å². The third-order valence-electron chi connectivity index (χ3n) is 10.2. The standard InChI is InChI=1S/C39H38F7N3O5/c1-21-4-3-5-31-34(21)25-14-22(2)35(41)27(16-25)30(18-33(51)52)47-37(53)36(26-15-23(20-54-31)6-7-29(26)40)49-19-24(28(17-32(49)50)39(44,45)46)8-11-48-12-9-38(42,43)10-13-48/h3-7,15-17,19,22,30,36H,8-14,18,20H2,1-2H3,(H,47,53)(H,51,52)/t22?,30-,36-/m0/s1. The largest absolute Gasteiger partial charge is 0.488 e. The van der Waals surface area contributed by atoms with E-state index in [4.69, 9.17) is 4.74 Å². The molecule has 3 atom stereocenters. The molecule has 2 aromatic carbocycles. The minimum atomic E-state index is -5.02. The van der Waals surface area contributed by atoms with Crippen LogP contribution in [0.25, 0.3) is 5.57 Å². The maximum Gasteiger partial charge on any atom is 0.416 e. The number of pyridine rings is 1. The first kappa shape index (κ1) is 38.8. The molecule has 15 heteroatoms. The molecule has 2 N–H and O–H groups in total. The van der Waals surface area contributed by atoms with Crippen LogP contribution in [-0.4, -0.2) is 58.0 Å². The summed E-state index contributed by atoms with van der Waals surface area (Å²) >= 11 is 0. The maximum absolute atomic E-state index is 16.0. The number of alkyl halides is 5. The number of likely N-dealkylation sites (tertiary alicyclic amines) is 1. The van der Waals surface area contributed by atoms with Crippen molar-refractivity contribution >= 4 is 17.4 Å². The van der Waals surface area contributed by atoms with E-state index < -0.39 is 95.1 Å². The fourth-order valence-electron chi connectivity index (χ4n) is 7.41. The summed E-state index contributed by atoms with van der Waals surface area (Å²) in [6.45, 7) is 3.01. The summed E-state index contributed by atoms with van der Waals surface area (Å²) in [5, 5.41) is 12.4. The second-order valence-electron chi connectivity index (χ2n) is 14.1. The van der Waals surface area contributed by atoms with Gasteiger partial charge in [-0.05, 0) is 60.2 Å². The number of piperidine rings is 1. The number of allylic oxidation sites excluding steroid dienone is 2. The predicted octanol–water partition coefficient (Wildman–Crippen LogP) is 7.38. The summed E-state index contributed by atoms with van der Waals surface area (Å²) in [6.07, 6.45) is -4.73. The molecule has 288 valence electrons. The number of hydrogen-bond donors (Lipinski definition) is 2. The van der Waals surface area contributed by atoms with Crippen LogP contribution < -0.4 is 15.6 Å². The van der Waals surface area contributed by atoms with Gasteiger partial charge < -0.3 is 20.1 Å². The number of carbonyl (C=O) groups excluding carboxylic acids is 1. The van der Waals surface area contributed by atoms with Crippen molar-refractivity contribution < 1.29 is 50.2 Å². The van der Waals surface area contributed by atoms with Crippen LogP contribution in [0, 0.1) is 18.7 Å². The Hall–Kier alpha value is -4.92. The van der Waals surface area contributed by atoms with E-state index in [1.54, 1.807) is 24.0 Å². The smallest absolute Gasteiger partial charge is 0.416 e. The van der Waals surface area contributed by atoms with Gasteiger partial charge in [0.2, 0.25) is 5.91 Å². The third kappa shape index (κ3) is 8.25. The molecule has 6 rings (SSSR count). The van der Waals surface area contributed by atoms with Crippen molar-refractivity contribution in [3.8, 4) is 5.75 Å². The number of carboxylic acids is 1. The lowest BCUT2D eigenvalue weighted by Crippen LogP contribution is -2.45. The van der Waals surface area contributed by atoms with Gasteiger partial charge in [0.05, 0.1) is 18.0 Å². The molecule has 8 nitrogen and oxygen atoms in total. The summed E-state index contributed by atoms with van der Waals surface area (Å²) in [4.78, 5) is 41.8. The highest BCUT2D eigenvalue weighted by Gasteiger charge is 2.39. The quantitative estimate of drug-likeness (QED) is 0.255. The van der Waals surface area contributed by atoms with Crippen LogP contribution in [0.2, 0.25) is 0 Å². The molecule has 1 amide bonds. The molecule has 3 heterocycles. The van der Waals surface area contributed by atoms with E-state index in [2.05, 4.69) is 5.32 Å². The number of aryl methyl sites for hydroxylation is 1. The molecule has 54 heavy (non-hydrogen) atoms. The molecule has 1 aromatic heterocycles. The Morgan fingerprint density at radius 3 is 2.48 bits per heavy atom. The van der Waals surface area contributed by atoms with Crippen LogP contribution in [0.15, 0.2) is 70.9 Å². The molecule has 1 saturated heterocycles. The van der Waals surface area contributed by atoms with Crippen molar-refractivity contribution in [2.24, 2.45) is 5.92 Å². The first-order valence-corrected chi connectivity index (χ1v) is 17.5. The highest BCUT2D eigenvalue weighted by Crippen LogP contribution is 2.42. The summed E-state index contributed by atoms with van der Waals surface area (Å²) in [7, 11) is 0. The monoisotopic (exact) mass is 761 g/mol. The number of carboxylic acid groups (broad SMARTS) is 1. The van der Waals surface area contributed by atoms with Crippen molar-refractivity contribution in [2.45, 2.75) is 76.7 Å². The normalized spacial score (nSPS) is 22.1. The second-order valence-corrected chi connectivity index (χ2v) is 14.1. The Morgan fingerprint density at radius 2 is 1.80 bits per heavy atom. The lowest BCUT2D eigenvalue weighted by Gasteiger charge is -2.32. The molecule has 2 aliphatic heterocycles. The van der Waals surface area contributed by atoms with Crippen molar-refractivity contribution in [1.82, 2.24) is 14.8 Å². The van der Waals surface area contributed by atoms with Crippen LogP contribution in [-0.2, 0) is 28.8 Å². The first-order valence-electron chi connectivity index (χ1n) is 17.5. The third-order valence-corrected chi connectivity index (χ3v) is 10.2. The fraction of sp³-hybridized carbons (Fsp3) is 0.410. The minimum absolute atomic E-state index is 0.0741. The molecule has 3 aromatic rings. The van der Waals surface area contributed by atoms with Gasteiger partial charge in [-0.1, -0.05) is 31.2 Å². The van der Waals surface area contributed by atoms with Crippen LogP contribution in [0.1, 0.15) is 72.0 Å². The van der Waals surface area contributed by atoms with Crippen LogP contribution in [0.5, 0.6) is 5.75 Å². The van der Waals surface area contributed by atoms with E-state index in [1.807, 2.05) is 13.0 Å². The number of amides is 1. The predicted molar refractivity (Wildman–Crippen MR) is 184 cm³/mol. The van der Waals surface area contributed by atoms with Gasteiger partial charge in [-0.25, -0.2) is 17.6 Å². The van der Waals surface area contributed by atoms with E-state index in [1.165, 1.54) is 18.2 Å². The number of carbonyl (C=O) groups is 2. The molecular weight excluding hydrogens is 723 g/mol. The van der Waals surface area contributed by atoms with E-state index >= 15 is 8.78 Å². The number of aliphatic carboxylic acids is 1. The highest BCUT2D eigenvalue weighted by atomic mass is 19.4. The zero-order valence-electron chi connectivity index (χ0n) is 29.4. The topological polar surface area (TPSA) is 101 Å². The Morgan fingerprint density at radius 1 is 1.07 bits per heavy atom. The molecule has 0 saturated carbocycles. The SMILES string of the molecule is Cc1cccc2c1C1=CC(=C(F)C(C)C1)[C@H](CC(=O)O)NC(=O)[C@@H](n1cc(CCN3CCC(F)(F)CC3)c(C(F)(F)F)cc1=O)c1cc(ccc1F)CO2. The van der Waals surface area contributed by atoms with Crippen LogP contribution in [0.4, 0.5) is 30.7 Å².